The maximum atomic E-state index is 11.6. The number of thiocarbonyl (C=S) groups is 1. The van der Waals surface area contributed by atoms with Crippen LogP contribution in [0.5, 0.6) is 0 Å². The first kappa shape index (κ1) is 13.8. The Morgan fingerprint density at radius 3 is 2.79 bits per heavy atom. The van der Waals surface area contributed by atoms with Crippen LogP contribution < -0.4 is 10.6 Å². The third kappa shape index (κ3) is 3.05. The summed E-state index contributed by atoms with van der Waals surface area (Å²) in [6.45, 7) is 5.58. The van der Waals surface area contributed by atoms with Gasteiger partial charge in [0.25, 0.3) is 0 Å². The number of amides is 1. The number of fused-ring (bicyclic) bond motifs is 1. The van der Waals surface area contributed by atoms with Crippen LogP contribution in [0.1, 0.15) is 19.4 Å². The van der Waals surface area contributed by atoms with Crippen LogP contribution in [-0.4, -0.2) is 19.8 Å². The van der Waals surface area contributed by atoms with E-state index >= 15 is 0 Å². The largest absolute Gasteiger partial charge is 0.330 e. The summed E-state index contributed by atoms with van der Waals surface area (Å²) in [6, 6.07) is 3.86. The molecule has 0 bridgehead atoms. The average molecular weight is 294 g/mol. The molecule has 100 valence electrons. The number of nitrogens with zero attached hydrogens (tertiary/aromatic N) is 2. The SMILES string of the molecule is Cc1ccc2nsnc2c1NC(=S)NC(=O)C(C)C. The molecule has 0 saturated carbocycles. The molecule has 2 aromatic rings. The monoisotopic (exact) mass is 294 g/mol. The van der Waals surface area contributed by atoms with E-state index in [0.717, 1.165) is 34.0 Å². The first-order valence-electron chi connectivity index (χ1n) is 5.82. The molecule has 0 aliphatic rings. The van der Waals surface area contributed by atoms with Gasteiger partial charge in [0, 0.05) is 5.92 Å². The number of aromatic nitrogens is 2. The molecule has 0 radical (unpaired) electrons. The highest BCUT2D eigenvalue weighted by Gasteiger charge is 2.12. The number of anilines is 1. The zero-order valence-electron chi connectivity index (χ0n) is 10.9. The maximum Gasteiger partial charge on any atom is 0.228 e. The predicted molar refractivity (Wildman–Crippen MR) is 81.4 cm³/mol. The zero-order valence-corrected chi connectivity index (χ0v) is 12.5. The molecule has 5 nitrogen and oxygen atoms in total. The van der Waals surface area contributed by atoms with Crippen LogP contribution in [0, 0.1) is 12.8 Å². The second kappa shape index (κ2) is 5.58. The van der Waals surface area contributed by atoms with Gasteiger partial charge < -0.3 is 10.6 Å². The van der Waals surface area contributed by atoms with Gasteiger partial charge >= 0.3 is 0 Å². The summed E-state index contributed by atoms with van der Waals surface area (Å²) in [5, 5.41) is 5.96. The van der Waals surface area contributed by atoms with Gasteiger partial charge in [-0.2, -0.15) is 8.75 Å². The molecule has 0 fully saturated rings. The van der Waals surface area contributed by atoms with Crippen LogP contribution in [0.3, 0.4) is 0 Å². The molecule has 2 rings (SSSR count). The molecule has 1 amide bonds. The molecule has 0 unspecified atom stereocenters. The molecule has 1 aromatic carbocycles. The highest BCUT2D eigenvalue weighted by Crippen LogP contribution is 2.25. The van der Waals surface area contributed by atoms with Crippen LogP contribution in [0.25, 0.3) is 11.0 Å². The maximum absolute atomic E-state index is 11.6. The van der Waals surface area contributed by atoms with Gasteiger partial charge in [0.2, 0.25) is 5.91 Å². The van der Waals surface area contributed by atoms with Crippen LogP contribution in [-0.2, 0) is 4.79 Å². The van der Waals surface area contributed by atoms with Gasteiger partial charge in [-0.3, -0.25) is 4.79 Å². The highest BCUT2D eigenvalue weighted by atomic mass is 32.1. The summed E-state index contributed by atoms with van der Waals surface area (Å²) in [5.41, 5.74) is 3.38. The number of hydrogen-bond acceptors (Lipinski definition) is 5. The van der Waals surface area contributed by atoms with Crippen LogP contribution in [0.15, 0.2) is 12.1 Å². The topological polar surface area (TPSA) is 66.9 Å². The van der Waals surface area contributed by atoms with E-state index in [0.29, 0.717) is 0 Å². The van der Waals surface area contributed by atoms with E-state index in [-0.39, 0.29) is 16.9 Å². The highest BCUT2D eigenvalue weighted by molar-refractivity contribution is 7.80. The summed E-state index contributed by atoms with van der Waals surface area (Å²) in [4.78, 5) is 11.6. The minimum atomic E-state index is -0.113. The van der Waals surface area contributed by atoms with E-state index in [1.165, 1.54) is 0 Å². The van der Waals surface area contributed by atoms with Crippen molar-refractivity contribution in [1.29, 1.82) is 0 Å². The quantitative estimate of drug-likeness (QED) is 0.833. The third-order valence-electron chi connectivity index (χ3n) is 2.64. The third-order valence-corrected chi connectivity index (χ3v) is 3.38. The normalized spacial score (nSPS) is 10.7. The number of hydrogen-bond donors (Lipinski definition) is 2. The second-order valence-corrected chi connectivity index (χ2v) is 5.42. The van der Waals surface area contributed by atoms with Crippen molar-refractivity contribution in [3.63, 3.8) is 0 Å². The van der Waals surface area contributed by atoms with E-state index in [9.17, 15) is 4.79 Å². The molecule has 0 atom stereocenters. The fraction of sp³-hybridized carbons (Fsp3) is 0.333. The summed E-state index contributed by atoms with van der Waals surface area (Å²) in [5.74, 6) is -0.226. The molecule has 0 spiro atoms. The Hall–Kier alpha value is -1.60. The van der Waals surface area contributed by atoms with E-state index in [1.54, 1.807) is 0 Å². The number of nitrogens with one attached hydrogen (secondary N) is 2. The smallest absolute Gasteiger partial charge is 0.228 e. The fourth-order valence-electron chi connectivity index (χ4n) is 1.51. The number of benzene rings is 1. The van der Waals surface area contributed by atoms with Gasteiger partial charge in [-0.1, -0.05) is 19.9 Å². The summed E-state index contributed by atoms with van der Waals surface area (Å²) in [7, 11) is 0. The fourth-order valence-corrected chi connectivity index (χ4v) is 2.26. The number of carbonyl (C=O) groups is 1. The van der Waals surface area contributed by atoms with Crippen LogP contribution in [0.4, 0.5) is 5.69 Å². The lowest BCUT2D eigenvalue weighted by Crippen LogP contribution is -2.36. The molecule has 0 aliphatic heterocycles. The van der Waals surface area contributed by atoms with E-state index < -0.39 is 0 Å². The van der Waals surface area contributed by atoms with Gasteiger partial charge in [-0.25, -0.2) is 0 Å². The van der Waals surface area contributed by atoms with Gasteiger partial charge in [0.05, 0.1) is 17.4 Å². The Morgan fingerprint density at radius 2 is 2.11 bits per heavy atom. The van der Waals surface area contributed by atoms with Crippen LogP contribution in [0.2, 0.25) is 0 Å². The number of aryl methyl sites for hydroxylation is 1. The van der Waals surface area contributed by atoms with Gasteiger partial charge in [-0.05, 0) is 30.8 Å². The Bertz CT molecular complexity index is 636. The summed E-state index contributed by atoms with van der Waals surface area (Å²) < 4.78 is 8.42. The van der Waals surface area contributed by atoms with Crippen molar-refractivity contribution in [1.82, 2.24) is 14.1 Å². The molecular weight excluding hydrogens is 280 g/mol. The Balaban J connectivity index is 2.21. The predicted octanol–water partition coefficient (Wildman–Crippen LogP) is 2.47. The Labute approximate surface area is 120 Å². The Kier molecular flexibility index (Phi) is 4.06. The molecule has 1 heterocycles. The molecule has 19 heavy (non-hydrogen) atoms. The van der Waals surface area contributed by atoms with Crippen molar-refractivity contribution in [2.45, 2.75) is 20.8 Å². The molecule has 7 heteroatoms. The van der Waals surface area contributed by atoms with Crippen molar-refractivity contribution in [2.24, 2.45) is 5.92 Å². The number of carbonyl (C=O) groups excluding carboxylic acids is 1. The summed E-state index contributed by atoms with van der Waals surface area (Å²) >= 11 is 6.29. The number of rotatable bonds is 2. The standard InChI is InChI=1S/C12H14N4OS2/c1-6(2)11(17)14-12(18)13-9-7(3)4-5-8-10(9)16-19-15-8/h4-6H,1-3H3,(H2,13,14,17,18). The van der Waals surface area contributed by atoms with Crippen molar-refractivity contribution >= 4 is 51.7 Å². The lowest BCUT2D eigenvalue weighted by atomic mass is 10.1. The van der Waals surface area contributed by atoms with Gasteiger partial charge in [0.1, 0.15) is 11.0 Å². The van der Waals surface area contributed by atoms with E-state index in [1.807, 2.05) is 32.9 Å². The van der Waals surface area contributed by atoms with E-state index in [2.05, 4.69) is 19.4 Å². The van der Waals surface area contributed by atoms with Crippen molar-refractivity contribution < 1.29 is 4.79 Å². The van der Waals surface area contributed by atoms with Crippen molar-refractivity contribution in [3.8, 4) is 0 Å². The first-order valence-corrected chi connectivity index (χ1v) is 6.96. The van der Waals surface area contributed by atoms with Crippen molar-refractivity contribution in [3.05, 3.63) is 17.7 Å². The zero-order chi connectivity index (χ0) is 14.0. The lowest BCUT2D eigenvalue weighted by molar-refractivity contribution is -0.122. The molecule has 1 aromatic heterocycles. The average Bonchev–Trinajstić information content (AvgIpc) is 2.81. The lowest BCUT2D eigenvalue weighted by Gasteiger charge is -2.13. The van der Waals surface area contributed by atoms with E-state index in [4.69, 9.17) is 12.2 Å². The first-order chi connectivity index (χ1) is 8.99. The minimum Gasteiger partial charge on any atom is -0.330 e. The van der Waals surface area contributed by atoms with Crippen LogP contribution >= 0.6 is 23.9 Å². The van der Waals surface area contributed by atoms with Gasteiger partial charge in [0.15, 0.2) is 5.11 Å². The molecule has 2 N–H and O–H groups in total. The molecule has 0 aliphatic carbocycles. The molecule has 0 saturated heterocycles. The minimum absolute atomic E-state index is 0.112. The Morgan fingerprint density at radius 1 is 1.37 bits per heavy atom. The summed E-state index contributed by atoms with van der Waals surface area (Å²) in [6.07, 6.45) is 0. The molecular formula is C12H14N4OS2. The van der Waals surface area contributed by atoms with Crippen molar-refractivity contribution in [2.75, 3.05) is 5.32 Å². The van der Waals surface area contributed by atoms with Gasteiger partial charge in [-0.15, -0.1) is 0 Å². The second-order valence-electron chi connectivity index (χ2n) is 4.49.